The van der Waals surface area contributed by atoms with Crippen LogP contribution in [0.3, 0.4) is 0 Å². The normalized spacial score (nSPS) is 17.2. The zero-order valence-electron chi connectivity index (χ0n) is 16.7. The van der Waals surface area contributed by atoms with Gasteiger partial charge in [-0.1, -0.05) is 18.2 Å². The first kappa shape index (κ1) is 22.1. The van der Waals surface area contributed by atoms with E-state index in [4.69, 9.17) is 4.74 Å². The van der Waals surface area contributed by atoms with E-state index in [9.17, 15) is 23.1 Å². The Hall–Kier alpha value is -2.61. The molecule has 1 aromatic heterocycles. The number of amides is 1. The summed E-state index contributed by atoms with van der Waals surface area (Å²) in [5.41, 5.74) is -0.522. The minimum atomic E-state index is -4.37. The van der Waals surface area contributed by atoms with Gasteiger partial charge in [0.05, 0.1) is 11.5 Å². The molecule has 2 unspecified atom stereocenters. The van der Waals surface area contributed by atoms with Crippen LogP contribution in [0.4, 0.5) is 13.2 Å². The number of phenols is 1. The smallest absolute Gasteiger partial charge is 0.395 e. The molecule has 0 saturated heterocycles. The SMILES string of the molecule is COC(CNC(=O)CC(c1cccnc1)C1(C(F)(F)F)CC1)Cc1ccc(O)cc1. The molecule has 0 spiro atoms. The number of carbonyl (C=O) groups is 1. The number of phenolic OH excluding ortho intramolecular Hbond substituents is 1. The average molecular weight is 422 g/mol. The number of ether oxygens (including phenoxy) is 1. The van der Waals surface area contributed by atoms with Crippen LogP contribution in [0.5, 0.6) is 5.75 Å². The number of nitrogens with one attached hydrogen (secondary N) is 1. The molecular weight excluding hydrogens is 397 g/mol. The molecule has 8 heteroatoms. The van der Waals surface area contributed by atoms with Gasteiger partial charge < -0.3 is 15.2 Å². The highest BCUT2D eigenvalue weighted by Gasteiger charge is 2.67. The average Bonchev–Trinajstić information content (AvgIpc) is 3.53. The fourth-order valence-electron chi connectivity index (χ4n) is 3.80. The quantitative estimate of drug-likeness (QED) is 0.641. The van der Waals surface area contributed by atoms with Crippen molar-refractivity contribution in [3.8, 4) is 5.75 Å². The minimum absolute atomic E-state index is 0.0187. The Bertz CT molecular complexity index is 837. The number of alkyl halides is 3. The van der Waals surface area contributed by atoms with Crippen molar-refractivity contribution in [1.82, 2.24) is 10.3 Å². The first-order valence-electron chi connectivity index (χ1n) is 9.79. The zero-order valence-corrected chi connectivity index (χ0v) is 16.7. The molecular formula is C22H25F3N2O3. The topological polar surface area (TPSA) is 71.5 Å². The summed E-state index contributed by atoms with van der Waals surface area (Å²) in [6, 6.07) is 9.81. The van der Waals surface area contributed by atoms with Crippen molar-refractivity contribution in [3.63, 3.8) is 0 Å². The van der Waals surface area contributed by atoms with Gasteiger partial charge in [0.2, 0.25) is 5.91 Å². The summed E-state index contributed by atoms with van der Waals surface area (Å²) in [5.74, 6) is -1.27. The van der Waals surface area contributed by atoms with Crippen molar-refractivity contribution in [1.29, 1.82) is 0 Å². The number of hydrogen-bond acceptors (Lipinski definition) is 4. The number of rotatable bonds is 9. The third-order valence-corrected chi connectivity index (χ3v) is 5.76. The van der Waals surface area contributed by atoms with Gasteiger partial charge in [-0.2, -0.15) is 13.2 Å². The standard InChI is InChI=1S/C22H25F3N2O3/c1-30-18(11-15-4-6-17(28)7-5-15)14-27-20(29)12-19(16-3-2-10-26-13-16)21(8-9-21)22(23,24)25/h2-7,10,13,18-19,28H,8-9,11-12,14H2,1H3,(H,27,29). The lowest BCUT2D eigenvalue weighted by molar-refractivity contribution is -0.194. The van der Waals surface area contributed by atoms with Crippen molar-refractivity contribution >= 4 is 5.91 Å². The van der Waals surface area contributed by atoms with Crippen LogP contribution in [0, 0.1) is 5.41 Å². The van der Waals surface area contributed by atoms with E-state index in [1.807, 2.05) is 0 Å². The number of benzene rings is 1. The summed E-state index contributed by atoms with van der Waals surface area (Å²) in [6.07, 6.45) is -1.53. The Kier molecular flexibility index (Phi) is 6.65. The monoisotopic (exact) mass is 422 g/mol. The van der Waals surface area contributed by atoms with Crippen LogP contribution in [-0.2, 0) is 16.0 Å². The largest absolute Gasteiger partial charge is 0.508 e. The van der Waals surface area contributed by atoms with Gasteiger partial charge in [-0.25, -0.2) is 0 Å². The molecule has 1 heterocycles. The summed E-state index contributed by atoms with van der Waals surface area (Å²) in [6.45, 7) is 0.176. The molecule has 2 N–H and O–H groups in total. The lowest BCUT2D eigenvalue weighted by atomic mass is 9.80. The molecule has 162 valence electrons. The molecule has 1 fully saturated rings. The Labute approximate surface area is 173 Å². The Morgan fingerprint density at radius 1 is 1.27 bits per heavy atom. The Morgan fingerprint density at radius 2 is 1.97 bits per heavy atom. The van der Waals surface area contributed by atoms with Gasteiger partial charge in [0.1, 0.15) is 5.75 Å². The maximum atomic E-state index is 13.7. The van der Waals surface area contributed by atoms with Gasteiger partial charge in [0.25, 0.3) is 0 Å². The van der Waals surface area contributed by atoms with Gasteiger partial charge in [-0.05, 0) is 42.2 Å². The lowest BCUT2D eigenvalue weighted by Crippen LogP contribution is -2.38. The summed E-state index contributed by atoms with van der Waals surface area (Å²) in [4.78, 5) is 16.5. The molecule has 30 heavy (non-hydrogen) atoms. The van der Waals surface area contributed by atoms with Crippen LogP contribution in [0.2, 0.25) is 0 Å². The van der Waals surface area contributed by atoms with Gasteiger partial charge in [0, 0.05) is 44.8 Å². The van der Waals surface area contributed by atoms with Crippen molar-refractivity contribution < 1.29 is 27.8 Å². The molecule has 0 aliphatic heterocycles. The molecule has 0 radical (unpaired) electrons. The fraction of sp³-hybridized carbons (Fsp3) is 0.455. The number of methoxy groups -OCH3 is 1. The van der Waals surface area contributed by atoms with Crippen LogP contribution in [-0.4, -0.2) is 41.9 Å². The molecule has 0 bridgehead atoms. The van der Waals surface area contributed by atoms with Crippen molar-refractivity contribution in [3.05, 3.63) is 59.9 Å². The predicted octanol–water partition coefficient (Wildman–Crippen LogP) is 3.98. The number of halogens is 3. The summed E-state index contributed by atoms with van der Waals surface area (Å²) >= 11 is 0. The van der Waals surface area contributed by atoms with Crippen LogP contribution >= 0.6 is 0 Å². The highest BCUT2D eigenvalue weighted by atomic mass is 19.4. The number of carbonyl (C=O) groups excluding carboxylic acids is 1. The van der Waals surface area contributed by atoms with Crippen LogP contribution in [0.15, 0.2) is 48.8 Å². The summed E-state index contributed by atoms with van der Waals surface area (Å²) in [7, 11) is 1.51. The van der Waals surface area contributed by atoms with E-state index < -0.39 is 23.4 Å². The van der Waals surface area contributed by atoms with Crippen LogP contribution in [0.1, 0.15) is 36.3 Å². The number of aromatic hydroxyl groups is 1. The van der Waals surface area contributed by atoms with Crippen molar-refractivity contribution in [2.24, 2.45) is 5.41 Å². The van der Waals surface area contributed by atoms with E-state index >= 15 is 0 Å². The van der Waals surface area contributed by atoms with E-state index in [2.05, 4.69) is 10.3 Å². The maximum Gasteiger partial charge on any atom is 0.395 e. The van der Waals surface area contributed by atoms with E-state index in [0.29, 0.717) is 12.0 Å². The first-order chi connectivity index (χ1) is 14.2. The molecule has 3 rings (SSSR count). The van der Waals surface area contributed by atoms with Gasteiger partial charge in [-0.3, -0.25) is 9.78 Å². The van der Waals surface area contributed by atoms with Gasteiger partial charge >= 0.3 is 6.18 Å². The van der Waals surface area contributed by atoms with E-state index in [1.54, 1.807) is 36.4 Å². The maximum absolute atomic E-state index is 13.7. The molecule has 1 aliphatic rings. The number of nitrogens with zero attached hydrogens (tertiary/aromatic N) is 1. The van der Waals surface area contributed by atoms with Crippen molar-refractivity contribution in [2.45, 2.75) is 43.9 Å². The highest BCUT2D eigenvalue weighted by Crippen LogP contribution is 2.66. The fourth-order valence-corrected chi connectivity index (χ4v) is 3.80. The molecule has 1 saturated carbocycles. The minimum Gasteiger partial charge on any atom is -0.508 e. The number of aromatic nitrogens is 1. The number of pyridine rings is 1. The van der Waals surface area contributed by atoms with Crippen LogP contribution in [0.25, 0.3) is 0 Å². The second kappa shape index (κ2) is 9.04. The van der Waals surface area contributed by atoms with E-state index in [-0.39, 0.29) is 37.7 Å². The van der Waals surface area contributed by atoms with E-state index in [0.717, 1.165) is 5.56 Å². The summed E-state index contributed by atoms with van der Waals surface area (Å²) in [5, 5.41) is 12.1. The second-order valence-electron chi connectivity index (χ2n) is 7.73. The molecule has 1 aromatic carbocycles. The van der Waals surface area contributed by atoms with Crippen molar-refractivity contribution in [2.75, 3.05) is 13.7 Å². The zero-order chi connectivity index (χ0) is 21.8. The highest BCUT2D eigenvalue weighted by molar-refractivity contribution is 5.77. The molecule has 2 aromatic rings. The van der Waals surface area contributed by atoms with Gasteiger partial charge in [0.15, 0.2) is 0 Å². The molecule has 1 amide bonds. The van der Waals surface area contributed by atoms with Gasteiger partial charge in [-0.15, -0.1) is 0 Å². The molecule has 1 aliphatic carbocycles. The third kappa shape index (κ3) is 5.11. The third-order valence-electron chi connectivity index (χ3n) is 5.76. The molecule has 2 atom stereocenters. The number of hydrogen-bond donors (Lipinski definition) is 2. The first-order valence-corrected chi connectivity index (χ1v) is 9.79. The van der Waals surface area contributed by atoms with E-state index in [1.165, 1.54) is 19.5 Å². The predicted molar refractivity (Wildman–Crippen MR) is 105 cm³/mol. The lowest BCUT2D eigenvalue weighted by Gasteiger charge is -2.29. The summed E-state index contributed by atoms with van der Waals surface area (Å²) < 4.78 is 46.6. The Balaban J connectivity index is 1.64. The Morgan fingerprint density at radius 3 is 2.50 bits per heavy atom. The van der Waals surface area contributed by atoms with Crippen LogP contribution < -0.4 is 5.32 Å². The second-order valence-corrected chi connectivity index (χ2v) is 7.73. The molecule has 5 nitrogen and oxygen atoms in total.